The standard InChI is InChI=1S/C35H41N3O4/c1-9-26-20-14-15-21-27(26)30(31(39)36-28-22-16-13-17-24(28)2)38(34(3,4)5)32(40)29(23-25-18-11-10-12-19-25)37-33(41)42-35(6,7)8/h1,10-22,29-30H,23H2,2-8H3,(H,36,39)(H,37,41). The van der Waals surface area contributed by atoms with Crippen molar-refractivity contribution < 1.29 is 19.1 Å². The van der Waals surface area contributed by atoms with Gasteiger partial charge < -0.3 is 20.3 Å². The van der Waals surface area contributed by atoms with E-state index in [-0.39, 0.29) is 6.42 Å². The maximum atomic E-state index is 14.7. The Hall–Kier alpha value is -4.57. The summed E-state index contributed by atoms with van der Waals surface area (Å²) in [6.07, 6.45) is 5.34. The van der Waals surface area contributed by atoms with E-state index in [1.807, 2.05) is 82.3 Å². The summed E-state index contributed by atoms with van der Waals surface area (Å²) in [5.74, 6) is 1.80. The highest BCUT2D eigenvalue weighted by Gasteiger charge is 2.42. The molecule has 2 atom stereocenters. The lowest BCUT2D eigenvalue weighted by Gasteiger charge is -2.43. The van der Waals surface area contributed by atoms with Gasteiger partial charge in [-0.15, -0.1) is 6.42 Å². The summed E-state index contributed by atoms with van der Waals surface area (Å²) >= 11 is 0. The van der Waals surface area contributed by atoms with E-state index >= 15 is 0 Å². The van der Waals surface area contributed by atoms with Gasteiger partial charge in [0, 0.05) is 23.2 Å². The minimum absolute atomic E-state index is 0.189. The van der Waals surface area contributed by atoms with Gasteiger partial charge in [0.2, 0.25) is 5.91 Å². The van der Waals surface area contributed by atoms with Gasteiger partial charge in [-0.05, 0) is 77.3 Å². The van der Waals surface area contributed by atoms with Crippen LogP contribution in [0.15, 0.2) is 78.9 Å². The first-order chi connectivity index (χ1) is 19.7. The number of carbonyl (C=O) groups is 3. The summed E-state index contributed by atoms with van der Waals surface area (Å²) in [6.45, 7) is 12.7. The van der Waals surface area contributed by atoms with Crippen LogP contribution >= 0.6 is 0 Å². The predicted molar refractivity (Wildman–Crippen MR) is 167 cm³/mol. The van der Waals surface area contributed by atoms with E-state index in [0.29, 0.717) is 16.8 Å². The quantitative estimate of drug-likeness (QED) is 0.308. The normalized spacial score (nSPS) is 12.8. The number of terminal acetylenes is 1. The van der Waals surface area contributed by atoms with Crippen LogP contribution < -0.4 is 10.6 Å². The average Bonchev–Trinajstić information content (AvgIpc) is 2.91. The van der Waals surface area contributed by atoms with Crippen molar-refractivity contribution in [1.82, 2.24) is 10.2 Å². The number of hydrogen-bond acceptors (Lipinski definition) is 4. The molecule has 7 nitrogen and oxygen atoms in total. The monoisotopic (exact) mass is 567 g/mol. The first-order valence-electron chi connectivity index (χ1n) is 14.0. The number of nitrogens with one attached hydrogen (secondary N) is 2. The second-order valence-corrected chi connectivity index (χ2v) is 12.2. The molecule has 0 aliphatic carbocycles. The summed E-state index contributed by atoms with van der Waals surface area (Å²) in [6, 6.07) is 21.8. The Kier molecular flexibility index (Phi) is 10.2. The fraction of sp³-hybridized carbons (Fsp3) is 0.343. The van der Waals surface area contributed by atoms with E-state index in [0.717, 1.165) is 11.1 Å². The molecule has 0 heterocycles. The molecule has 220 valence electrons. The maximum Gasteiger partial charge on any atom is 0.408 e. The fourth-order valence-electron chi connectivity index (χ4n) is 4.69. The lowest BCUT2D eigenvalue weighted by atomic mass is 9.91. The minimum Gasteiger partial charge on any atom is -0.444 e. The number of anilines is 1. The van der Waals surface area contributed by atoms with Crippen LogP contribution in [0.3, 0.4) is 0 Å². The van der Waals surface area contributed by atoms with E-state index in [1.54, 1.807) is 45.0 Å². The first-order valence-corrected chi connectivity index (χ1v) is 14.0. The molecular formula is C35H41N3O4. The number of alkyl carbamates (subject to hydrolysis) is 1. The van der Waals surface area contributed by atoms with Crippen molar-refractivity contribution in [2.24, 2.45) is 0 Å². The molecule has 2 unspecified atom stereocenters. The van der Waals surface area contributed by atoms with Gasteiger partial charge in [-0.3, -0.25) is 9.59 Å². The van der Waals surface area contributed by atoms with Gasteiger partial charge in [-0.1, -0.05) is 72.7 Å². The zero-order chi connectivity index (χ0) is 31.1. The number of aryl methyl sites for hydroxylation is 1. The highest BCUT2D eigenvalue weighted by molar-refractivity contribution is 6.00. The molecule has 3 amide bonds. The molecule has 3 aromatic rings. The molecule has 0 aliphatic rings. The third-order valence-corrected chi connectivity index (χ3v) is 6.55. The summed E-state index contributed by atoms with van der Waals surface area (Å²) in [7, 11) is 0. The van der Waals surface area contributed by atoms with Crippen molar-refractivity contribution >= 4 is 23.6 Å². The molecule has 2 N–H and O–H groups in total. The zero-order valence-electron chi connectivity index (χ0n) is 25.5. The first kappa shape index (κ1) is 32.0. The average molecular weight is 568 g/mol. The van der Waals surface area contributed by atoms with Gasteiger partial charge in [0.15, 0.2) is 0 Å². The molecular weight excluding hydrogens is 526 g/mol. The number of hydrogen-bond donors (Lipinski definition) is 2. The van der Waals surface area contributed by atoms with Crippen LogP contribution in [0.25, 0.3) is 0 Å². The molecule has 0 spiro atoms. The van der Waals surface area contributed by atoms with E-state index in [1.165, 1.54) is 4.90 Å². The Balaban J connectivity index is 2.15. The van der Waals surface area contributed by atoms with Crippen molar-refractivity contribution in [1.29, 1.82) is 0 Å². The van der Waals surface area contributed by atoms with Crippen LogP contribution in [0, 0.1) is 19.3 Å². The second-order valence-electron chi connectivity index (χ2n) is 12.2. The molecule has 0 saturated heterocycles. The minimum atomic E-state index is -1.11. The molecule has 0 aliphatic heterocycles. The fourth-order valence-corrected chi connectivity index (χ4v) is 4.69. The molecule has 42 heavy (non-hydrogen) atoms. The van der Waals surface area contributed by atoms with Crippen LogP contribution in [-0.4, -0.2) is 40.0 Å². The van der Waals surface area contributed by atoms with Gasteiger partial charge in [-0.2, -0.15) is 0 Å². The third kappa shape index (κ3) is 8.47. The van der Waals surface area contributed by atoms with Crippen molar-refractivity contribution in [3.05, 3.63) is 101 Å². The van der Waals surface area contributed by atoms with Crippen molar-refractivity contribution in [2.45, 2.75) is 78.1 Å². The molecule has 0 bridgehead atoms. The number of carbonyl (C=O) groups excluding carboxylic acids is 3. The second kappa shape index (κ2) is 13.4. The van der Waals surface area contributed by atoms with Crippen LogP contribution in [0.1, 0.15) is 69.8 Å². The Morgan fingerprint density at radius 2 is 1.48 bits per heavy atom. The number of rotatable bonds is 8. The number of ether oxygens (including phenoxy) is 1. The molecule has 0 saturated carbocycles. The summed E-state index contributed by atoms with van der Waals surface area (Å²) in [4.78, 5) is 43.4. The number of benzene rings is 3. The van der Waals surface area contributed by atoms with E-state index in [9.17, 15) is 14.4 Å². The topological polar surface area (TPSA) is 87.7 Å². The van der Waals surface area contributed by atoms with Gasteiger partial charge in [-0.25, -0.2) is 4.79 Å². The van der Waals surface area contributed by atoms with Gasteiger partial charge in [0.1, 0.15) is 17.7 Å². The Morgan fingerprint density at radius 3 is 2.07 bits per heavy atom. The largest absolute Gasteiger partial charge is 0.444 e. The Morgan fingerprint density at radius 1 is 0.881 bits per heavy atom. The third-order valence-electron chi connectivity index (χ3n) is 6.55. The Bertz CT molecular complexity index is 1450. The van der Waals surface area contributed by atoms with Gasteiger partial charge >= 0.3 is 6.09 Å². The number of para-hydroxylation sites is 1. The van der Waals surface area contributed by atoms with Crippen molar-refractivity contribution in [3.8, 4) is 12.3 Å². The number of nitrogens with zero attached hydrogens (tertiary/aromatic N) is 1. The lowest BCUT2D eigenvalue weighted by Crippen LogP contribution is -2.58. The molecule has 0 radical (unpaired) electrons. The highest BCUT2D eigenvalue weighted by Crippen LogP contribution is 2.33. The summed E-state index contributed by atoms with van der Waals surface area (Å²) in [5, 5.41) is 5.80. The van der Waals surface area contributed by atoms with Crippen LogP contribution in [0.5, 0.6) is 0 Å². The molecule has 0 aromatic heterocycles. The summed E-state index contributed by atoms with van der Waals surface area (Å²) in [5.41, 5.74) is 1.70. The smallest absolute Gasteiger partial charge is 0.408 e. The molecule has 3 aromatic carbocycles. The SMILES string of the molecule is C#Cc1ccccc1C(C(=O)Nc1ccccc1C)N(C(=O)C(Cc1ccccc1)NC(=O)OC(C)(C)C)C(C)(C)C. The van der Waals surface area contributed by atoms with Crippen LogP contribution in [-0.2, 0) is 20.7 Å². The van der Waals surface area contributed by atoms with Crippen LogP contribution in [0.4, 0.5) is 10.5 Å². The van der Waals surface area contributed by atoms with E-state index in [2.05, 4.69) is 16.6 Å². The van der Waals surface area contributed by atoms with Gasteiger partial charge in [0.25, 0.3) is 5.91 Å². The van der Waals surface area contributed by atoms with E-state index < -0.39 is 41.1 Å². The van der Waals surface area contributed by atoms with Crippen LogP contribution in [0.2, 0.25) is 0 Å². The maximum absolute atomic E-state index is 14.7. The lowest BCUT2D eigenvalue weighted by molar-refractivity contribution is -0.146. The van der Waals surface area contributed by atoms with Gasteiger partial charge in [0.05, 0.1) is 0 Å². The number of amides is 3. The zero-order valence-corrected chi connectivity index (χ0v) is 25.5. The molecule has 3 rings (SSSR count). The molecule has 0 fully saturated rings. The highest BCUT2D eigenvalue weighted by atomic mass is 16.6. The summed E-state index contributed by atoms with van der Waals surface area (Å²) < 4.78 is 5.52. The van der Waals surface area contributed by atoms with E-state index in [4.69, 9.17) is 11.2 Å². The predicted octanol–water partition coefficient (Wildman–Crippen LogP) is 6.42. The van der Waals surface area contributed by atoms with Crippen molar-refractivity contribution in [2.75, 3.05) is 5.32 Å². The van der Waals surface area contributed by atoms with Crippen molar-refractivity contribution in [3.63, 3.8) is 0 Å². The molecule has 7 heteroatoms. The Labute approximate surface area is 249 Å².